The first kappa shape index (κ1) is 35.1. The number of carbonyl (C=O) groups is 2. The van der Waals surface area contributed by atoms with Crippen molar-refractivity contribution in [2.45, 2.75) is 44.7 Å². The van der Waals surface area contributed by atoms with Crippen molar-refractivity contribution in [1.29, 1.82) is 0 Å². The molecule has 0 aliphatic rings. The molecule has 4 aromatic rings. The lowest BCUT2D eigenvalue weighted by Crippen LogP contribution is -2.53. The molecular formula is C36H39F2N3O5S. The van der Waals surface area contributed by atoms with E-state index in [0.717, 1.165) is 34.1 Å². The fourth-order valence-electron chi connectivity index (χ4n) is 4.92. The maximum Gasteiger partial charge on any atom is 0.264 e. The highest BCUT2D eigenvalue weighted by molar-refractivity contribution is 7.92. The summed E-state index contributed by atoms with van der Waals surface area (Å²) >= 11 is 0. The SMILES string of the molecule is CCOc1ccc(N(CC(=O)N(Cc2ccccc2F)[C@H](Cc2ccccc2)C(=O)NCC(C)C)S(=O)(=O)c2ccc(F)cc2)cc1. The van der Waals surface area contributed by atoms with Crippen LogP contribution in [0.5, 0.6) is 5.75 Å². The van der Waals surface area contributed by atoms with Crippen molar-refractivity contribution in [3.05, 3.63) is 126 Å². The minimum atomic E-state index is -4.43. The van der Waals surface area contributed by atoms with E-state index in [9.17, 15) is 22.4 Å². The van der Waals surface area contributed by atoms with Crippen molar-refractivity contribution < 1.29 is 31.5 Å². The second-order valence-electron chi connectivity index (χ2n) is 11.4. The van der Waals surface area contributed by atoms with Crippen LogP contribution in [0.3, 0.4) is 0 Å². The molecule has 2 amide bonds. The van der Waals surface area contributed by atoms with Crippen molar-refractivity contribution in [3.8, 4) is 5.75 Å². The van der Waals surface area contributed by atoms with Gasteiger partial charge in [0, 0.05) is 25.1 Å². The van der Waals surface area contributed by atoms with E-state index in [0.29, 0.717) is 18.9 Å². The average molecular weight is 664 g/mol. The Hall–Kier alpha value is -4.77. The Bertz CT molecular complexity index is 1730. The zero-order chi connectivity index (χ0) is 34.0. The molecule has 0 unspecified atom stereocenters. The molecule has 0 fully saturated rings. The number of nitrogens with one attached hydrogen (secondary N) is 1. The van der Waals surface area contributed by atoms with Gasteiger partial charge >= 0.3 is 0 Å². The Kier molecular flexibility index (Phi) is 12.1. The Morgan fingerprint density at radius 1 is 0.851 bits per heavy atom. The molecule has 0 saturated carbocycles. The van der Waals surface area contributed by atoms with Crippen LogP contribution < -0.4 is 14.4 Å². The van der Waals surface area contributed by atoms with Crippen molar-refractivity contribution >= 4 is 27.5 Å². The summed E-state index contributed by atoms with van der Waals surface area (Å²) in [5, 5.41) is 2.89. The molecule has 47 heavy (non-hydrogen) atoms. The quantitative estimate of drug-likeness (QED) is 0.169. The zero-order valence-electron chi connectivity index (χ0n) is 26.6. The maximum atomic E-state index is 15.0. The lowest BCUT2D eigenvalue weighted by Gasteiger charge is -2.34. The van der Waals surface area contributed by atoms with Crippen molar-refractivity contribution in [1.82, 2.24) is 10.2 Å². The topological polar surface area (TPSA) is 96.0 Å². The summed E-state index contributed by atoms with van der Waals surface area (Å²) < 4.78 is 63.3. The number of benzene rings is 4. The summed E-state index contributed by atoms with van der Waals surface area (Å²) in [6, 6.07) is 24.3. The average Bonchev–Trinajstić information content (AvgIpc) is 3.06. The molecule has 0 heterocycles. The predicted octanol–water partition coefficient (Wildman–Crippen LogP) is 5.97. The van der Waals surface area contributed by atoms with E-state index >= 15 is 4.39 Å². The van der Waals surface area contributed by atoms with Crippen LogP contribution in [-0.2, 0) is 32.6 Å². The standard InChI is InChI=1S/C36H39F2N3O5S/c1-4-46-31-18-16-30(17-19-31)41(47(44,45)32-20-14-29(37)15-21-32)25-35(42)40(24-28-12-8-9-13-33(28)38)34(36(43)39-23-26(2)3)22-27-10-6-5-7-11-27/h5-21,26,34H,4,22-25H2,1-3H3,(H,39,43)/t34-/m1/s1. The molecule has 0 spiro atoms. The summed E-state index contributed by atoms with van der Waals surface area (Å²) in [5.74, 6) is -1.79. The number of hydrogen-bond acceptors (Lipinski definition) is 5. The van der Waals surface area contributed by atoms with Crippen LogP contribution in [0.2, 0.25) is 0 Å². The second-order valence-corrected chi connectivity index (χ2v) is 13.2. The highest BCUT2D eigenvalue weighted by Crippen LogP contribution is 2.27. The molecule has 0 aliphatic heterocycles. The Morgan fingerprint density at radius 3 is 2.11 bits per heavy atom. The van der Waals surface area contributed by atoms with Crippen molar-refractivity contribution in [3.63, 3.8) is 0 Å². The molecular weight excluding hydrogens is 624 g/mol. The monoisotopic (exact) mass is 663 g/mol. The Balaban J connectivity index is 1.80. The number of anilines is 1. The van der Waals surface area contributed by atoms with Gasteiger partial charge in [0.1, 0.15) is 30.0 Å². The molecule has 0 radical (unpaired) electrons. The summed E-state index contributed by atoms with van der Waals surface area (Å²) in [4.78, 5) is 29.2. The van der Waals surface area contributed by atoms with Crippen molar-refractivity contribution in [2.24, 2.45) is 5.92 Å². The molecule has 8 nitrogen and oxygen atoms in total. The first-order valence-corrected chi connectivity index (χ1v) is 16.8. The van der Waals surface area contributed by atoms with Gasteiger partial charge < -0.3 is 15.0 Å². The molecule has 1 atom stereocenters. The van der Waals surface area contributed by atoms with Crippen LogP contribution >= 0.6 is 0 Å². The van der Waals surface area contributed by atoms with Gasteiger partial charge in [0.15, 0.2) is 0 Å². The Morgan fingerprint density at radius 2 is 1.49 bits per heavy atom. The highest BCUT2D eigenvalue weighted by Gasteiger charge is 2.35. The molecule has 4 rings (SSSR count). The molecule has 0 aromatic heterocycles. The maximum absolute atomic E-state index is 15.0. The van der Waals surface area contributed by atoms with E-state index in [-0.39, 0.29) is 35.0 Å². The number of amides is 2. The predicted molar refractivity (Wildman–Crippen MR) is 177 cm³/mol. The van der Waals surface area contributed by atoms with Gasteiger partial charge in [0.2, 0.25) is 11.8 Å². The van der Waals surface area contributed by atoms with Gasteiger partial charge in [-0.15, -0.1) is 0 Å². The number of halogens is 2. The first-order chi connectivity index (χ1) is 22.5. The van der Waals surface area contributed by atoms with Crippen LogP contribution in [0.1, 0.15) is 31.9 Å². The van der Waals surface area contributed by atoms with Gasteiger partial charge in [-0.2, -0.15) is 0 Å². The van der Waals surface area contributed by atoms with E-state index in [2.05, 4.69) is 5.32 Å². The first-order valence-electron chi connectivity index (χ1n) is 15.3. The number of carbonyl (C=O) groups excluding carboxylic acids is 2. The summed E-state index contributed by atoms with van der Waals surface area (Å²) in [7, 11) is -4.43. The molecule has 4 aromatic carbocycles. The van der Waals surface area contributed by atoms with Gasteiger partial charge in [0.25, 0.3) is 10.0 Å². The van der Waals surface area contributed by atoms with E-state index in [4.69, 9.17) is 4.74 Å². The molecule has 0 saturated heterocycles. The van der Waals surface area contributed by atoms with E-state index in [1.165, 1.54) is 35.2 Å². The third-order valence-electron chi connectivity index (χ3n) is 7.37. The van der Waals surface area contributed by atoms with E-state index in [1.807, 2.05) is 51.1 Å². The minimum absolute atomic E-state index is 0.0960. The summed E-state index contributed by atoms with van der Waals surface area (Å²) in [6.07, 6.45) is 0.0960. The van der Waals surface area contributed by atoms with Gasteiger partial charge in [-0.05, 0) is 73.0 Å². The van der Waals surface area contributed by atoms with E-state index < -0.39 is 46.1 Å². The molecule has 11 heteroatoms. The lowest BCUT2D eigenvalue weighted by atomic mass is 10.0. The number of hydrogen-bond donors (Lipinski definition) is 1. The van der Waals surface area contributed by atoms with Crippen LogP contribution in [-0.4, -0.2) is 50.9 Å². The van der Waals surface area contributed by atoms with Crippen LogP contribution in [0.15, 0.2) is 108 Å². The molecule has 0 bridgehead atoms. The van der Waals surface area contributed by atoms with Crippen molar-refractivity contribution in [2.75, 3.05) is 24.0 Å². The summed E-state index contributed by atoms with van der Waals surface area (Å²) in [6.45, 7) is 5.38. The van der Waals surface area contributed by atoms with Crippen LogP contribution in [0.4, 0.5) is 14.5 Å². The smallest absolute Gasteiger partial charge is 0.264 e. The highest BCUT2D eigenvalue weighted by atomic mass is 32.2. The fraction of sp³-hybridized carbons (Fsp3) is 0.278. The summed E-state index contributed by atoms with van der Waals surface area (Å²) in [5.41, 5.74) is 1.05. The van der Waals surface area contributed by atoms with E-state index in [1.54, 1.807) is 18.2 Å². The normalized spacial score (nSPS) is 12.0. The molecule has 1 N–H and O–H groups in total. The molecule has 248 valence electrons. The number of sulfonamides is 1. The van der Waals surface area contributed by atoms with Gasteiger partial charge in [0.05, 0.1) is 17.2 Å². The van der Waals surface area contributed by atoms with Crippen LogP contribution in [0, 0.1) is 17.6 Å². The third kappa shape index (κ3) is 9.38. The molecule has 0 aliphatic carbocycles. The number of ether oxygens (including phenoxy) is 1. The number of nitrogens with zero attached hydrogens (tertiary/aromatic N) is 2. The zero-order valence-corrected chi connectivity index (χ0v) is 27.4. The number of rotatable bonds is 15. The fourth-order valence-corrected chi connectivity index (χ4v) is 6.34. The lowest BCUT2D eigenvalue weighted by molar-refractivity contribution is -0.140. The van der Waals surface area contributed by atoms with Gasteiger partial charge in [-0.25, -0.2) is 17.2 Å². The third-order valence-corrected chi connectivity index (χ3v) is 9.16. The van der Waals surface area contributed by atoms with Gasteiger partial charge in [-0.1, -0.05) is 62.4 Å². The van der Waals surface area contributed by atoms with Crippen LogP contribution in [0.25, 0.3) is 0 Å². The minimum Gasteiger partial charge on any atom is -0.494 e. The van der Waals surface area contributed by atoms with Gasteiger partial charge in [-0.3, -0.25) is 13.9 Å². The second kappa shape index (κ2) is 16.2. The largest absolute Gasteiger partial charge is 0.494 e. The Labute approximate surface area is 275 Å².